The van der Waals surface area contributed by atoms with Gasteiger partial charge in [0.15, 0.2) is 11.6 Å². The second-order valence-corrected chi connectivity index (χ2v) is 8.73. The predicted molar refractivity (Wildman–Crippen MR) is 111 cm³/mol. The molecule has 1 aromatic carbocycles. The number of hydrogen-bond acceptors (Lipinski definition) is 5. The Kier molecular flexibility index (Phi) is 6.37. The molecule has 1 heterocycles. The summed E-state index contributed by atoms with van der Waals surface area (Å²) in [4.78, 5) is 22.9. The van der Waals surface area contributed by atoms with Gasteiger partial charge in [0, 0.05) is 18.5 Å². The molecule has 30 heavy (non-hydrogen) atoms. The lowest BCUT2D eigenvalue weighted by atomic mass is 9.93. The highest BCUT2D eigenvalue weighted by Gasteiger charge is 2.44. The van der Waals surface area contributed by atoms with Crippen LogP contribution in [0.15, 0.2) is 30.5 Å². The summed E-state index contributed by atoms with van der Waals surface area (Å²) in [7, 11) is 0. The van der Waals surface area contributed by atoms with E-state index < -0.39 is 0 Å². The Morgan fingerprint density at radius 2 is 2.07 bits per heavy atom. The molecule has 3 fully saturated rings. The van der Waals surface area contributed by atoms with E-state index in [1.807, 2.05) is 24.4 Å². The summed E-state index contributed by atoms with van der Waals surface area (Å²) >= 11 is 0. The minimum absolute atomic E-state index is 0.0493. The Labute approximate surface area is 176 Å². The van der Waals surface area contributed by atoms with Crippen LogP contribution in [-0.4, -0.2) is 18.4 Å². The molecule has 4 rings (SSSR count). The lowest BCUT2D eigenvalue weighted by molar-refractivity contribution is -0.136. The Hall–Kier alpha value is -2.41. The smallest absolute Gasteiger partial charge is 0.229 e. The zero-order valence-corrected chi connectivity index (χ0v) is 17.2. The SMILES string of the molecule is O=C1CCC(CCC/C=C/NNC2(c3ccc(F)c(OCC4CC4)c3)CC2)C(=O)N1. The second kappa shape index (κ2) is 9.16. The fourth-order valence-electron chi connectivity index (χ4n) is 3.83. The van der Waals surface area contributed by atoms with Gasteiger partial charge in [0.2, 0.25) is 11.8 Å². The maximum absolute atomic E-state index is 14.0. The van der Waals surface area contributed by atoms with Crippen LogP contribution in [0.2, 0.25) is 0 Å². The van der Waals surface area contributed by atoms with E-state index >= 15 is 0 Å². The van der Waals surface area contributed by atoms with E-state index in [0.717, 1.165) is 37.7 Å². The first-order valence-electron chi connectivity index (χ1n) is 11.0. The number of hydrazine groups is 1. The third kappa shape index (κ3) is 5.39. The van der Waals surface area contributed by atoms with Gasteiger partial charge in [-0.05, 0) is 75.0 Å². The number of rotatable bonds is 11. The van der Waals surface area contributed by atoms with E-state index in [-0.39, 0.29) is 29.1 Å². The molecule has 2 amide bonds. The van der Waals surface area contributed by atoms with Gasteiger partial charge in [-0.2, -0.15) is 0 Å². The molecule has 1 unspecified atom stereocenters. The first kappa shape index (κ1) is 20.8. The van der Waals surface area contributed by atoms with Crippen molar-refractivity contribution >= 4 is 11.8 Å². The van der Waals surface area contributed by atoms with Crippen molar-refractivity contribution < 1.29 is 18.7 Å². The normalized spacial score (nSPS) is 22.8. The summed E-state index contributed by atoms with van der Waals surface area (Å²) in [6.07, 6.45) is 11.9. The Bertz CT molecular complexity index is 818. The van der Waals surface area contributed by atoms with Crippen molar-refractivity contribution in [3.63, 3.8) is 0 Å². The van der Waals surface area contributed by atoms with Gasteiger partial charge >= 0.3 is 0 Å². The zero-order chi connectivity index (χ0) is 21.0. The van der Waals surface area contributed by atoms with Crippen molar-refractivity contribution in [2.45, 2.75) is 63.3 Å². The summed E-state index contributed by atoms with van der Waals surface area (Å²) in [5, 5.41) is 2.40. The fourth-order valence-corrected chi connectivity index (χ4v) is 3.83. The molecule has 3 aliphatic rings. The minimum atomic E-state index is -0.306. The monoisotopic (exact) mass is 415 g/mol. The van der Waals surface area contributed by atoms with Crippen LogP contribution in [0.5, 0.6) is 5.75 Å². The number of allylic oxidation sites excluding steroid dienone is 1. The third-order valence-corrected chi connectivity index (χ3v) is 6.19. The molecule has 1 atom stereocenters. The van der Waals surface area contributed by atoms with Crippen LogP contribution in [0.4, 0.5) is 4.39 Å². The van der Waals surface area contributed by atoms with Crippen molar-refractivity contribution in [2.75, 3.05) is 6.61 Å². The first-order valence-corrected chi connectivity index (χ1v) is 11.0. The first-order chi connectivity index (χ1) is 14.6. The summed E-state index contributed by atoms with van der Waals surface area (Å²) in [5.41, 5.74) is 7.35. The maximum Gasteiger partial charge on any atom is 0.229 e. The van der Waals surface area contributed by atoms with Crippen LogP contribution in [0.25, 0.3) is 0 Å². The lowest BCUT2D eigenvalue weighted by Gasteiger charge is -2.20. The van der Waals surface area contributed by atoms with E-state index in [1.165, 1.54) is 18.9 Å². The van der Waals surface area contributed by atoms with Gasteiger partial charge in [0.1, 0.15) is 0 Å². The zero-order valence-electron chi connectivity index (χ0n) is 17.2. The number of ether oxygens (including phenoxy) is 1. The molecule has 3 N–H and O–H groups in total. The average molecular weight is 416 g/mol. The summed E-state index contributed by atoms with van der Waals surface area (Å²) in [6, 6.07) is 5.14. The van der Waals surface area contributed by atoms with Gasteiger partial charge in [0.05, 0.1) is 12.1 Å². The quantitative estimate of drug-likeness (QED) is 0.293. The standard InChI is InChI=1S/C23H30FN3O3/c24-19-9-8-18(14-20(19)30-15-16-5-6-16)23(11-12-23)27-25-13-3-1-2-4-17-7-10-21(28)26-22(17)29/h3,8-9,13-14,16-17,25,27H,1-2,4-7,10-12,15H2,(H,26,28,29)/b13-3+. The lowest BCUT2D eigenvalue weighted by Crippen LogP contribution is -2.40. The van der Waals surface area contributed by atoms with Crippen LogP contribution in [0.1, 0.15) is 63.4 Å². The minimum Gasteiger partial charge on any atom is -0.490 e. The largest absolute Gasteiger partial charge is 0.490 e. The Morgan fingerprint density at radius 3 is 2.80 bits per heavy atom. The number of hydrogen-bond donors (Lipinski definition) is 3. The fraction of sp³-hybridized carbons (Fsp3) is 0.565. The van der Waals surface area contributed by atoms with Gasteiger partial charge in [-0.3, -0.25) is 14.9 Å². The van der Waals surface area contributed by atoms with Crippen LogP contribution in [-0.2, 0) is 15.1 Å². The third-order valence-electron chi connectivity index (χ3n) is 6.19. The molecule has 2 aliphatic carbocycles. The van der Waals surface area contributed by atoms with Crippen LogP contribution >= 0.6 is 0 Å². The van der Waals surface area contributed by atoms with Crippen molar-refractivity contribution in [2.24, 2.45) is 11.8 Å². The number of piperidine rings is 1. The van der Waals surface area contributed by atoms with E-state index in [2.05, 4.69) is 16.2 Å². The van der Waals surface area contributed by atoms with Crippen molar-refractivity contribution in [3.05, 3.63) is 41.9 Å². The maximum atomic E-state index is 14.0. The van der Waals surface area contributed by atoms with Crippen LogP contribution in [0.3, 0.4) is 0 Å². The van der Waals surface area contributed by atoms with Crippen LogP contribution < -0.4 is 20.9 Å². The number of nitrogens with one attached hydrogen (secondary N) is 3. The molecule has 0 radical (unpaired) electrons. The summed E-state index contributed by atoms with van der Waals surface area (Å²) in [5.74, 6) is 0.277. The molecule has 2 saturated carbocycles. The highest BCUT2D eigenvalue weighted by atomic mass is 19.1. The molecule has 1 aliphatic heterocycles. The Balaban J connectivity index is 1.19. The highest BCUT2D eigenvalue weighted by Crippen LogP contribution is 2.46. The molecular formula is C23H30FN3O3. The average Bonchev–Trinajstić information content (AvgIpc) is 3.64. The van der Waals surface area contributed by atoms with Gasteiger partial charge < -0.3 is 10.2 Å². The second-order valence-electron chi connectivity index (χ2n) is 8.73. The molecular weight excluding hydrogens is 385 g/mol. The number of benzene rings is 1. The molecule has 1 saturated heterocycles. The molecule has 0 aromatic heterocycles. The number of halogens is 1. The molecule has 7 heteroatoms. The molecule has 162 valence electrons. The van der Waals surface area contributed by atoms with E-state index in [4.69, 9.17) is 4.74 Å². The van der Waals surface area contributed by atoms with Crippen molar-refractivity contribution in [1.29, 1.82) is 0 Å². The number of carbonyl (C=O) groups excluding carboxylic acids is 2. The number of carbonyl (C=O) groups is 2. The number of unbranched alkanes of at least 4 members (excludes halogenated alkanes) is 1. The Morgan fingerprint density at radius 1 is 1.23 bits per heavy atom. The van der Waals surface area contributed by atoms with Gasteiger partial charge in [0.25, 0.3) is 0 Å². The van der Waals surface area contributed by atoms with Crippen LogP contribution in [0, 0.1) is 17.7 Å². The van der Waals surface area contributed by atoms with E-state index in [0.29, 0.717) is 31.1 Å². The highest BCUT2D eigenvalue weighted by molar-refractivity contribution is 5.98. The van der Waals surface area contributed by atoms with Gasteiger partial charge in [-0.1, -0.05) is 12.1 Å². The van der Waals surface area contributed by atoms with Crippen molar-refractivity contribution in [1.82, 2.24) is 16.2 Å². The summed E-state index contributed by atoms with van der Waals surface area (Å²) in [6.45, 7) is 0.598. The molecule has 0 bridgehead atoms. The molecule has 1 aromatic rings. The number of imide groups is 1. The van der Waals surface area contributed by atoms with E-state index in [9.17, 15) is 14.0 Å². The van der Waals surface area contributed by atoms with Gasteiger partial charge in [-0.15, -0.1) is 0 Å². The molecule has 6 nitrogen and oxygen atoms in total. The topological polar surface area (TPSA) is 79.5 Å². The predicted octanol–water partition coefficient (Wildman–Crippen LogP) is 3.43. The summed E-state index contributed by atoms with van der Waals surface area (Å²) < 4.78 is 19.7. The van der Waals surface area contributed by atoms with Crippen molar-refractivity contribution in [3.8, 4) is 5.75 Å². The van der Waals surface area contributed by atoms with E-state index in [1.54, 1.807) is 0 Å². The number of amides is 2. The van der Waals surface area contributed by atoms with Gasteiger partial charge in [-0.25, -0.2) is 9.82 Å². The molecule has 0 spiro atoms.